The van der Waals surface area contributed by atoms with Crippen LogP contribution in [-0.2, 0) is 16.0 Å². The van der Waals surface area contributed by atoms with Crippen molar-refractivity contribution in [3.63, 3.8) is 0 Å². The molecule has 0 spiro atoms. The lowest BCUT2D eigenvalue weighted by atomic mass is 10.1. The van der Waals surface area contributed by atoms with Crippen LogP contribution < -0.4 is 15.5 Å². The van der Waals surface area contributed by atoms with E-state index in [2.05, 4.69) is 23.6 Å². The summed E-state index contributed by atoms with van der Waals surface area (Å²) in [4.78, 5) is 25.5. The molecule has 6 heteroatoms. The minimum Gasteiger partial charge on any atom is -0.343 e. The molecule has 0 bridgehead atoms. The molecule has 1 aliphatic heterocycles. The van der Waals surface area contributed by atoms with Crippen molar-refractivity contribution >= 4 is 28.9 Å². The molecule has 2 aromatic carbocycles. The SMILES string of the molecule is CC(=O)Nc1ccc(NC(=O)/C(C#N)=C\N2c3ccccc3CC2C)cc1. The summed E-state index contributed by atoms with van der Waals surface area (Å²) in [6.45, 7) is 3.49. The van der Waals surface area contributed by atoms with Gasteiger partial charge in [0.15, 0.2) is 0 Å². The maximum atomic E-state index is 12.5. The third-order valence-corrected chi connectivity index (χ3v) is 4.36. The van der Waals surface area contributed by atoms with Crippen molar-refractivity contribution in [3.05, 3.63) is 65.9 Å². The first kappa shape index (κ1) is 18.2. The number of fused-ring (bicyclic) bond motifs is 1. The standard InChI is InChI=1S/C21H20N4O2/c1-14-11-16-5-3-4-6-20(16)25(14)13-17(12-22)21(27)24-19-9-7-18(8-10-19)23-15(2)26/h3-10,13-14H,11H2,1-2H3,(H,23,26)(H,24,27)/b17-13-. The molecule has 27 heavy (non-hydrogen) atoms. The van der Waals surface area contributed by atoms with E-state index >= 15 is 0 Å². The number of hydrogen-bond acceptors (Lipinski definition) is 4. The maximum absolute atomic E-state index is 12.5. The molecule has 1 aliphatic rings. The Hall–Kier alpha value is -3.59. The number of carbonyl (C=O) groups is 2. The number of carbonyl (C=O) groups excluding carboxylic acids is 2. The molecule has 0 aliphatic carbocycles. The van der Waals surface area contributed by atoms with Crippen molar-refractivity contribution in [2.75, 3.05) is 15.5 Å². The second-order valence-electron chi connectivity index (χ2n) is 6.46. The third-order valence-electron chi connectivity index (χ3n) is 4.36. The minimum atomic E-state index is -0.471. The second kappa shape index (κ2) is 7.75. The largest absolute Gasteiger partial charge is 0.343 e. The lowest BCUT2D eigenvalue weighted by molar-refractivity contribution is -0.114. The van der Waals surface area contributed by atoms with Crippen LogP contribution in [0.3, 0.4) is 0 Å². The molecule has 0 saturated carbocycles. The molecule has 0 saturated heterocycles. The quantitative estimate of drug-likeness (QED) is 0.646. The molecular weight excluding hydrogens is 340 g/mol. The van der Waals surface area contributed by atoms with Gasteiger partial charge in [0, 0.05) is 36.2 Å². The fourth-order valence-electron chi connectivity index (χ4n) is 3.10. The molecule has 1 heterocycles. The lowest BCUT2D eigenvalue weighted by Gasteiger charge is -2.20. The Morgan fingerprint density at radius 1 is 1.11 bits per heavy atom. The van der Waals surface area contributed by atoms with Crippen LogP contribution in [0.4, 0.5) is 17.1 Å². The van der Waals surface area contributed by atoms with Crippen LogP contribution in [0.5, 0.6) is 0 Å². The zero-order valence-electron chi connectivity index (χ0n) is 15.2. The van der Waals surface area contributed by atoms with Gasteiger partial charge in [-0.15, -0.1) is 0 Å². The zero-order valence-corrected chi connectivity index (χ0v) is 15.2. The van der Waals surface area contributed by atoms with Gasteiger partial charge in [0.1, 0.15) is 11.6 Å². The predicted molar refractivity (Wildman–Crippen MR) is 105 cm³/mol. The smallest absolute Gasteiger partial charge is 0.267 e. The number of para-hydroxylation sites is 1. The third kappa shape index (κ3) is 4.15. The zero-order chi connectivity index (χ0) is 19.4. The molecule has 2 aromatic rings. The van der Waals surface area contributed by atoms with Gasteiger partial charge < -0.3 is 15.5 Å². The summed E-state index contributed by atoms with van der Waals surface area (Å²) in [5, 5.41) is 14.8. The number of benzene rings is 2. The summed E-state index contributed by atoms with van der Waals surface area (Å²) in [6.07, 6.45) is 2.48. The van der Waals surface area contributed by atoms with Crippen molar-refractivity contribution in [2.24, 2.45) is 0 Å². The summed E-state index contributed by atoms with van der Waals surface area (Å²) >= 11 is 0. The Morgan fingerprint density at radius 2 is 1.74 bits per heavy atom. The fraction of sp³-hybridized carbons (Fsp3) is 0.190. The number of anilines is 3. The van der Waals surface area contributed by atoms with Crippen molar-refractivity contribution < 1.29 is 9.59 Å². The first-order chi connectivity index (χ1) is 13.0. The predicted octanol–water partition coefficient (Wildman–Crippen LogP) is 3.44. The number of hydrogen-bond donors (Lipinski definition) is 2. The van der Waals surface area contributed by atoms with E-state index < -0.39 is 5.91 Å². The van der Waals surface area contributed by atoms with Gasteiger partial charge in [-0.25, -0.2) is 0 Å². The maximum Gasteiger partial charge on any atom is 0.267 e. The summed E-state index contributed by atoms with van der Waals surface area (Å²) < 4.78 is 0. The Balaban J connectivity index is 1.76. The van der Waals surface area contributed by atoms with E-state index in [0.29, 0.717) is 11.4 Å². The first-order valence-corrected chi connectivity index (χ1v) is 8.65. The second-order valence-corrected chi connectivity index (χ2v) is 6.46. The number of nitrogens with one attached hydrogen (secondary N) is 2. The Kier molecular flexibility index (Phi) is 5.23. The molecule has 2 amide bonds. The number of nitriles is 1. The van der Waals surface area contributed by atoms with E-state index in [4.69, 9.17) is 0 Å². The van der Waals surface area contributed by atoms with Crippen molar-refractivity contribution in [1.29, 1.82) is 5.26 Å². The van der Waals surface area contributed by atoms with E-state index in [1.165, 1.54) is 12.5 Å². The molecule has 0 fully saturated rings. The number of amides is 2. The van der Waals surface area contributed by atoms with Crippen LogP contribution in [0.25, 0.3) is 0 Å². The van der Waals surface area contributed by atoms with E-state index in [-0.39, 0.29) is 17.5 Å². The van der Waals surface area contributed by atoms with Crippen molar-refractivity contribution in [2.45, 2.75) is 26.3 Å². The van der Waals surface area contributed by atoms with E-state index in [0.717, 1.165) is 12.1 Å². The normalized spacial score (nSPS) is 15.7. The Labute approximate surface area is 158 Å². The van der Waals surface area contributed by atoms with Gasteiger partial charge in [-0.05, 0) is 49.2 Å². The van der Waals surface area contributed by atoms with Gasteiger partial charge in [0.25, 0.3) is 5.91 Å². The fourth-order valence-corrected chi connectivity index (χ4v) is 3.10. The van der Waals surface area contributed by atoms with Crippen LogP contribution in [-0.4, -0.2) is 17.9 Å². The van der Waals surface area contributed by atoms with E-state index in [9.17, 15) is 14.9 Å². The number of rotatable bonds is 4. The van der Waals surface area contributed by atoms with Gasteiger partial charge in [0.05, 0.1) is 0 Å². The minimum absolute atomic E-state index is 0.0319. The molecule has 0 radical (unpaired) electrons. The van der Waals surface area contributed by atoms with E-state index in [1.54, 1.807) is 30.5 Å². The van der Waals surface area contributed by atoms with Gasteiger partial charge >= 0.3 is 0 Å². The Morgan fingerprint density at radius 3 is 2.37 bits per heavy atom. The lowest BCUT2D eigenvalue weighted by Crippen LogP contribution is -2.25. The van der Waals surface area contributed by atoms with Gasteiger partial charge in [0.2, 0.25) is 5.91 Å². The molecule has 6 nitrogen and oxygen atoms in total. The topological polar surface area (TPSA) is 85.2 Å². The highest BCUT2D eigenvalue weighted by Gasteiger charge is 2.25. The van der Waals surface area contributed by atoms with Gasteiger partial charge in [-0.1, -0.05) is 18.2 Å². The average molecular weight is 360 g/mol. The van der Waals surface area contributed by atoms with Crippen LogP contribution in [0.2, 0.25) is 0 Å². The molecule has 2 N–H and O–H groups in total. The summed E-state index contributed by atoms with van der Waals surface area (Å²) in [6, 6.07) is 16.9. The van der Waals surface area contributed by atoms with Crippen LogP contribution in [0, 0.1) is 11.3 Å². The van der Waals surface area contributed by atoms with E-state index in [1.807, 2.05) is 29.2 Å². The van der Waals surface area contributed by atoms with Gasteiger partial charge in [-0.3, -0.25) is 9.59 Å². The molecular formula is C21H20N4O2. The molecule has 136 valence electrons. The highest BCUT2D eigenvalue weighted by molar-refractivity contribution is 6.07. The summed E-state index contributed by atoms with van der Waals surface area (Å²) in [5.41, 5.74) is 3.44. The average Bonchev–Trinajstić information content (AvgIpc) is 2.96. The summed E-state index contributed by atoms with van der Waals surface area (Å²) in [7, 11) is 0. The molecule has 0 aromatic heterocycles. The van der Waals surface area contributed by atoms with Crippen LogP contribution in [0.15, 0.2) is 60.3 Å². The van der Waals surface area contributed by atoms with Crippen LogP contribution >= 0.6 is 0 Å². The highest BCUT2D eigenvalue weighted by atomic mass is 16.2. The summed E-state index contributed by atoms with van der Waals surface area (Å²) in [5.74, 6) is -0.636. The molecule has 3 rings (SSSR count). The molecule has 1 unspecified atom stereocenters. The number of nitrogens with zero attached hydrogens (tertiary/aromatic N) is 2. The van der Waals surface area contributed by atoms with Crippen molar-refractivity contribution in [3.8, 4) is 6.07 Å². The monoisotopic (exact) mass is 360 g/mol. The highest BCUT2D eigenvalue weighted by Crippen LogP contribution is 2.32. The van der Waals surface area contributed by atoms with Crippen molar-refractivity contribution in [1.82, 2.24) is 0 Å². The van der Waals surface area contributed by atoms with Gasteiger partial charge in [-0.2, -0.15) is 5.26 Å². The first-order valence-electron chi connectivity index (χ1n) is 8.65. The Bertz CT molecular complexity index is 941. The van der Waals surface area contributed by atoms with Crippen LogP contribution in [0.1, 0.15) is 19.4 Å². The molecule has 1 atom stereocenters.